The first kappa shape index (κ1) is 67.3. The minimum absolute atomic E-state index is 0.0423. The summed E-state index contributed by atoms with van der Waals surface area (Å²) in [6.07, 6.45) is -19.2. The summed E-state index contributed by atoms with van der Waals surface area (Å²) in [6, 6.07) is 69.2. The molecular weight excluding hydrogens is 1170 g/mol. The van der Waals surface area contributed by atoms with E-state index in [0.29, 0.717) is 0 Å². The molecule has 17 heteroatoms. The standard InChI is InChI=1S/C75H88O17/c1-49-62(77)63(78)60(40-76)88-73(49)92-72-70(65(81-43-55-30-16-7-17-31-55)51(3)87-75(72)90-66-52(4)86-50(2)64(80-42-54-28-14-6-15-29-54)68(66)83-45-57-34-20-9-21-35-57)91-74-71(85-47-59-38-24-11-25-39-59)69(84-46-58-36-22-10-23-37-58)67(82-44-56-32-18-8-19-33-56)61(89-74)48-79-41-53-26-12-5-13-27-53/h5-39,49-52,60-78H,40-48H2,1-4H3/t49?,50?,51?,52-,60?,61-,62+,63+,64-,65-,66?,67+,68-,69?,70-,71?,72?,73-,74+,75-/m0/s1. The summed E-state index contributed by atoms with van der Waals surface area (Å²) in [7, 11) is 0. The van der Waals surface area contributed by atoms with Gasteiger partial charge in [0, 0.05) is 5.92 Å². The van der Waals surface area contributed by atoms with Crippen LogP contribution in [0.15, 0.2) is 212 Å². The fourth-order valence-corrected chi connectivity index (χ4v) is 12.4. The van der Waals surface area contributed by atoms with Crippen LogP contribution < -0.4 is 0 Å². The second-order valence-electron chi connectivity index (χ2n) is 24.2. The van der Waals surface area contributed by atoms with Crippen LogP contribution in [0.2, 0.25) is 0 Å². The van der Waals surface area contributed by atoms with E-state index in [4.69, 9.17) is 66.3 Å². The molecule has 17 nitrogen and oxygen atoms in total. The maximum Gasteiger partial charge on any atom is 0.187 e. The summed E-state index contributed by atoms with van der Waals surface area (Å²) >= 11 is 0. The number of aliphatic hydroxyl groups is 3. The number of rotatable bonds is 29. The van der Waals surface area contributed by atoms with Crippen molar-refractivity contribution in [1.29, 1.82) is 0 Å². The SMILES string of the molecule is CC1[C@H](OC2[C@H](OC3[C@H](C)OC(C)[C@H](OCc4ccccc4)[C@@H]3OCc3ccccc3)OC(C)[C@H](OCc3ccccc3)[C@@H]2O[C@H]2O[C@@H](COCc3ccccc3)[C@@H](OCc3ccccc3)C(OCc3ccccc3)C2OCc2ccccc2)OC(CO)[C@@H](O)[C@@H]1O. The summed E-state index contributed by atoms with van der Waals surface area (Å²) in [5, 5.41) is 33.7. The monoisotopic (exact) mass is 1260 g/mol. The Labute approximate surface area is 540 Å². The highest BCUT2D eigenvalue weighted by atomic mass is 16.8. The number of ether oxygens (including phenoxy) is 14. The zero-order valence-corrected chi connectivity index (χ0v) is 52.7. The number of hydrogen-bond acceptors (Lipinski definition) is 17. The second-order valence-corrected chi connectivity index (χ2v) is 24.2. The van der Waals surface area contributed by atoms with Crippen molar-refractivity contribution >= 4 is 0 Å². The van der Waals surface area contributed by atoms with Crippen LogP contribution >= 0.6 is 0 Å². The molecule has 0 saturated carbocycles. The first-order valence-electron chi connectivity index (χ1n) is 32.2. The van der Waals surface area contributed by atoms with Crippen molar-refractivity contribution in [2.24, 2.45) is 5.92 Å². The summed E-state index contributed by atoms with van der Waals surface area (Å²) < 4.78 is 99.2. The third kappa shape index (κ3) is 17.8. The highest BCUT2D eigenvalue weighted by Crippen LogP contribution is 2.41. The first-order valence-corrected chi connectivity index (χ1v) is 32.2. The van der Waals surface area contributed by atoms with E-state index in [1.165, 1.54) is 0 Å². The van der Waals surface area contributed by atoms with Crippen LogP contribution in [0.1, 0.15) is 66.6 Å². The normalized spacial score (nSPS) is 31.6. The Balaban J connectivity index is 1.02. The largest absolute Gasteiger partial charge is 0.394 e. The van der Waals surface area contributed by atoms with Crippen LogP contribution in [-0.4, -0.2) is 145 Å². The molecule has 0 bridgehead atoms. The van der Waals surface area contributed by atoms with Gasteiger partial charge in [-0.3, -0.25) is 0 Å². The van der Waals surface area contributed by atoms with Crippen molar-refractivity contribution in [3.63, 3.8) is 0 Å². The second kappa shape index (κ2) is 33.8. The molecule has 20 atom stereocenters. The Morgan fingerprint density at radius 2 is 0.609 bits per heavy atom. The molecule has 7 aromatic rings. The van der Waals surface area contributed by atoms with Crippen LogP contribution in [-0.2, 0) is 113 Å². The number of benzene rings is 7. The number of aliphatic hydroxyl groups excluding tert-OH is 3. The van der Waals surface area contributed by atoms with Gasteiger partial charge in [-0.05, 0) is 59.7 Å². The summed E-state index contributed by atoms with van der Waals surface area (Å²) in [4.78, 5) is 0. The molecular formula is C75H88O17. The molecule has 0 aromatic heterocycles. The molecule has 4 heterocycles. The van der Waals surface area contributed by atoms with E-state index < -0.39 is 129 Å². The maximum absolute atomic E-state index is 11.7. The molecule has 4 aliphatic heterocycles. The summed E-state index contributed by atoms with van der Waals surface area (Å²) in [6.45, 7) is 8.31. The minimum Gasteiger partial charge on any atom is -0.394 e. The van der Waals surface area contributed by atoms with Crippen LogP contribution in [0.25, 0.3) is 0 Å². The van der Waals surface area contributed by atoms with E-state index in [9.17, 15) is 15.3 Å². The minimum atomic E-state index is -1.43. The summed E-state index contributed by atoms with van der Waals surface area (Å²) in [5.74, 6) is -0.870. The number of hydrogen-bond donors (Lipinski definition) is 3. The van der Waals surface area contributed by atoms with Gasteiger partial charge in [0.05, 0.1) is 83.9 Å². The molecule has 7 aromatic carbocycles. The van der Waals surface area contributed by atoms with Gasteiger partial charge >= 0.3 is 0 Å². The Kier molecular flexibility index (Phi) is 24.7. The van der Waals surface area contributed by atoms with Crippen molar-refractivity contribution in [1.82, 2.24) is 0 Å². The molecule has 0 aliphatic carbocycles. The summed E-state index contributed by atoms with van der Waals surface area (Å²) in [5.41, 5.74) is 6.50. The first-order chi connectivity index (χ1) is 45.1. The third-order valence-corrected chi connectivity index (χ3v) is 17.5. The molecule has 92 heavy (non-hydrogen) atoms. The molecule has 0 spiro atoms. The van der Waals surface area contributed by atoms with Gasteiger partial charge in [-0.2, -0.15) is 0 Å². The van der Waals surface area contributed by atoms with Gasteiger partial charge in [0.2, 0.25) is 0 Å². The van der Waals surface area contributed by atoms with Gasteiger partial charge in [0.15, 0.2) is 18.9 Å². The Morgan fingerprint density at radius 1 is 0.293 bits per heavy atom. The van der Waals surface area contributed by atoms with Crippen molar-refractivity contribution in [3.05, 3.63) is 251 Å². The third-order valence-electron chi connectivity index (χ3n) is 17.5. The van der Waals surface area contributed by atoms with E-state index in [1.54, 1.807) is 6.92 Å². The van der Waals surface area contributed by atoms with Gasteiger partial charge in [0.1, 0.15) is 73.2 Å². The smallest absolute Gasteiger partial charge is 0.187 e. The molecule has 4 aliphatic rings. The van der Waals surface area contributed by atoms with Crippen molar-refractivity contribution in [2.45, 2.75) is 190 Å². The lowest BCUT2D eigenvalue weighted by atomic mass is 9.92. The average Bonchev–Trinajstić information content (AvgIpc) is 0.892. The van der Waals surface area contributed by atoms with Crippen molar-refractivity contribution in [3.8, 4) is 0 Å². The van der Waals surface area contributed by atoms with E-state index in [-0.39, 0.29) is 52.9 Å². The van der Waals surface area contributed by atoms with Crippen LogP contribution in [0.4, 0.5) is 0 Å². The van der Waals surface area contributed by atoms with Gasteiger partial charge in [-0.1, -0.05) is 219 Å². The zero-order chi connectivity index (χ0) is 63.6. The fourth-order valence-electron chi connectivity index (χ4n) is 12.4. The van der Waals surface area contributed by atoms with E-state index in [0.717, 1.165) is 38.9 Å². The van der Waals surface area contributed by atoms with E-state index in [1.807, 2.05) is 233 Å². The average molecular weight is 1260 g/mol. The topological polar surface area (TPSA) is 190 Å². The van der Waals surface area contributed by atoms with E-state index >= 15 is 0 Å². The molecule has 0 radical (unpaired) electrons. The molecule has 3 N–H and O–H groups in total. The van der Waals surface area contributed by atoms with Gasteiger partial charge in [-0.25, -0.2) is 0 Å². The van der Waals surface area contributed by atoms with Crippen LogP contribution in [0.5, 0.6) is 0 Å². The predicted octanol–water partition coefficient (Wildman–Crippen LogP) is 10.2. The Morgan fingerprint density at radius 3 is 1.04 bits per heavy atom. The highest BCUT2D eigenvalue weighted by molar-refractivity contribution is 5.19. The Bertz CT molecular complexity index is 3180. The van der Waals surface area contributed by atoms with Gasteiger partial charge < -0.3 is 81.6 Å². The van der Waals surface area contributed by atoms with Crippen molar-refractivity contribution in [2.75, 3.05) is 13.2 Å². The molecule has 0 amide bonds. The van der Waals surface area contributed by atoms with Crippen LogP contribution in [0.3, 0.4) is 0 Å². The fraction of sp³-hybridized carbons (Fsp3) is 0.440. The molecule has 4 saturated heterocycles. The lowest BCUT2D eigenvalue weighted by Crippen LogP contribution is -2.68. The highest BCUT2D eigenvalue weighted by Gasteiger charge is 2.57. The van der Waals surface area contributed by atoms with Crippen molar-refractivity contribution < 1.29 is 81.6 Å². The molecule has 8 unspecified atom stereocenters. The zero-order valence-electron chi connectivity index (χ0n) is 52.7. The predicted molar refractivity (Wildman–Crippen MR) is 341 cm³/mol. The lowest BCUT2D eigenvalue weighted by Gasteiger charge is -2.52. The maximum atomic E-state index is 11.7. The Hall–Kier alpha value is -6.14. The molecule has 490 valence electrons. The van der Waals surface area contributed by atoms with Gasteiger partial charge in [-0.15, -0.1) is 0 Å². The van der Waals surface area contributed by atoms with Gasteiger partial charge in [0.25, 0.3) is 0 Å². The van der Waals surface area contributed by atoms with E-state index in [2.05, 4.69) is 0 Å². The lowest BCUT2D eigenvalue weighted by molar-refractivity contribution is -0.404. The van der Waals surface area contributed by atoms with Crippen LogP contribution in [0, 0.1) is 5.92 Å². The quantitative estimate of drug-likeness (QED) is 0.0401. The molecule has 4 fully saturated rings. The molecule has 11 rings (SSSR count).